The molecule has 0 radical (unpaired) electrons. The fourth-order valence-corrected chi connectivity index (χ4v) is 5.07. The minimum Gasteiger partial charge on any atom is -0.360 e. The maximum Gasteiger partial charge on any atom is 0.230 e. The highest BCUT2D eigenvalue weighted by Crippen LogP contribution is 2.52. The molecule has 0 saturated carbocycles. The highest BCUT2D eigenvalue weighted by molar-refractivity contribution is 5.93. The molecule has 156 valence electrons. The van der Waals surface area contributed by atoms with E-state index in [9.17, 15) is 9.59 Å². The van der Waals surface area contributed by atoms with Crippen molar-refractivity contribution < 1.29 is 14.3 Å². The second-order valence-corrected chi connectivity index (χ2v) is 8.61. The summed E-state index contributed by atoms with van der Waals surface area (Å²) in [6.07, 6.45) is 7.24. The molecule has 2 amide bonds. The van der Waals surface area contributed by atoms with Gasteiger partial charge in [0.25, 0.3) is 0 Å². The van der Waals surface area contributed by atoms with E-state index >= 15 is 0 Å². The van der Waals surface area contributed by atoms with Crippen molar-refractivity contribution in [3.63, 3.8) is 0 Å². The zero-order valence-corrected chi connectivity index (χ0v) is 17.3. The summed E-state index contributed by atoms with van der Waals surface area (Å²) < 4.78 is 8.04. The maximum absolute atomic E-state index is 13.4. The highest BCUT2D eigenvalue weighted by Gasteiger charge is 2.67. The van der Waals surface area contributed by atoms with E-state index in [2.05, 4.69) is 11.2 Å². The topological polar surface area (TPSA) is 67.7 Å². The maximum atomic E-state index is 13.4. The minimum absolute atomic E-state index is 0.0159. The van der Waals surface area contributed by atoms with E-state index in [4.69, 9.17) is 4.74 Å². The third kappa shape index (κ3) is 3.04. The summed E-state index contributed by atoms with van der Waals surface area (Å²) in [4.78, 5) is 30.2. The van der Waals surface area contributed by atoms with Crippen LogP contribution < -0.4 is 0 Å². The van der Waals surface area contributed by atoms with Crippen LogP contribution in [-0.4, -0.2) is 63.2 Å². The van der Waals surface area contributed by atoms with E-state index in [0.29, 0.717) is 26.2 Å². The molecule has 7 heteroatoms. The number of carbonyl (C=O) groups excluding carboxylic acids is 2. The second kappa shape index (κ2) is 7.09. The monoisotopic (exact) mass is 406 g/mol. The Labute approximate surface area is 175 Å². The Hall–Kier alpha value is -2.93. The Morgan fingerprint density at radius 1 is 1.37 bits per heavy atom. The molecule has 2 bridgehead atoms. The van der Waals surface area contributed by atoms with Gasteiger partial charge >= 0.3 is 0 Å². The highest BCUT2D eigenvalue weighted by atomic mass is 16.5. The molecule has 0 N–H and O–H groups in total. The molecule has 1 spiro atoms. The van der Waals surface area contributed by atoms with Crippen LogP contribution in [0.15, 0.2) is 54.9 Å². The molecular weight excluding hydrogens is 380 g/mol. The van der Waals surface area contributed by atoms with Gasteiger partial charge in [-0.15, -0.1) is 0 Å². The summed E-state index contributed by atoms with van der Waals surface area (Å²) in [7, 11) is 1.79. The molecule has 2 saturated heterocycles. The van der Waals surface area contributed by atoms with Gasteiger partial charge in [-0.3, -0.25) is 14.3 Å². The first-order valence-electron chi connectivity index (χ1n) is 10.4. The molecule has 5 rings (SSSR count). The number of likely N-dealkylation sites (N-methyl/N-ethyl adjacent to an activating group) is 1. The normalized spacial score (nSPS) is 28.9. The average molecular weight is 406 g/mol. The van der Waals surface area contributed by atoms with Crippen LogP contribution in [-0.2, 0) is 27.4 Å². The molecule has 3 aliphatic heterocycles. The molecule has 4 heterocycles. The molecule has 3 aliphatic rings. The lowest BCUT2D eigenvalue weighted by atomic mass is 9.76. The standard InChI is InChI=1S/C23H26N4O3/c1-16-5-3-6-17(13-16)14-26-15-23-8-7-18(30-23)19(20(23)22(26)29)21(28)25(2)11-12-27-10-4-9-24-27/h3-10,13,18-20H,11-12,14-15H2,1-2H3/t18-,19-,20+,23-/m0/s1. The summed E-state index contributed by atoms with van der Waals surface area (Å²) in [5.41, 5.74) is 1.59. The smallest absolute Gasteiger partial charge is 0.230 e. The van der Waals surface area contributed by atoms with Gasteiger partial charge in [0.05, 0.1) is 31.0 Å². The number of rotatable bonds is 6. The molecule has 2 fully saturated rings. The van der Waals surface area contributed by atoms with E-state index in [-0.39, 0.29) is 17.9 Å². The first kappa shape index (κ1) is 19.1. The summed E-state index contributed by atoms with van der Waals surface area (Å²) in [5.74, 6) is -0.930. The summed E-state index contributed by atoms with van der Waals surface area (Å²) >= 11 is 0. The molecule has 7 nitrogen and oxygen atoms in total. The predicted octanol–water partition coefficient (Wildman–Crippen LogP) is 1.63. The van der Waals surface area contributed by atoms with Crippen LogP contribution in [0.1, 0.15) is 11.1 Å². The van der Waals surface area contributed by atoms with Gasteiger partial charge in [0.15, 0.2) is 0 Å². The van der Waals surface area contributed by atoms with Crippen molar-refractivity contribution in [2.24, 2.45) is 11.8 Å². The van der Waals surface area contributed by atoms with Crippen molar-refractivity contribution in [3.8, 4) is 0 Å². The number of aromatic nitrogens is 2. The lowest BCUT2D eigenvalue weighted by Gasteiger charge is -2.27. The van der Waals surface area contributed by atoms with Crippen molar-refractivity contribution in [2.75, 3.05) is 20.1 Å². The second-order valence-electron chi connectivity index (χ2n) is 8.61. The number of ether oxygens (including phenoxy) is 1. The molecule has 30 heavy (non-hydrogen) atoms. The van der Waals surface area contributed by atoms with Gasteiger partial charge in [-0.2, -0.15) is 5.10 Å². The Morgan fingerprint density at radius 3 is 3.00 bits per heavy atom. The summed E-state index contributed by atoms with van der Waals surface area (Å²) in [6.45, 7) is 4.24. The molecule has 4 atom stereocenters. The van der Waals surface area contributed by atoms with E-state index in [1.165, 1.54) is 5.56 Å². The lowest BCUT2D eigenvalue weighted by molar-refractivity contribution is -0.142. The van der Waals surface area contributed by atoms with Crippen molar-refractivity contribution in [1.82, 2.24) is 19.6 Å². The fraction of sp³-hybridized carbons (Fsp3) is 0.435. The first-order chi connectivity index (χ1) is 14.5. The number of fused-ring (bicyclic) bond motifs is 1. The van der Waals surface area contributed by atoms with Crippen LogP contribution in [0, 0.1) is 18.8 Å². The van der Waals surface area contributed by atoms with Crippen molar-refractivity contribution in [1.29, 1.82) is 0 Å². The van der Waals surface area contributed by atoms with Gasteiger partial charge in [0.2, 0.25) is 11.8 Å². The van der Waals surface area contributed by atoms with E-state index in [1.54, 1.807) is 22.8 Å². The number of nitrogens with zero attached hydrogens (tertiary/aromatic N) is 4. The Morgan fingerprint density at radius 2 is 2.23 bits per heavy atom. The quantitative estimate of drug-likeness (QED) is 0.684. The number of aryl methyl sites for hydroxylation is 1. The number of benzene rings is 1. The number of likely N-dealkylation sites (tertiary alicyclic amines) is 1. The molecule has 1 aromatic carbocycles. The van der Waals surface area contributed by atoms with Crippen LogP contribution in [0.3, 0.4) is 0 Å². The van der Waals surface area contributed by atoms with Crippen molar-refractivity contribution >= 4 is 11.8 Å². The SMILES string of the molecule is Cc1cccc(CN2C[C@]34C=C[C@H](O3)[C@H](C(=O)N(C)CCn3cccn3)[C@@H]4C2=O)c1. The zero-order chi connectivity index (χ0) is 20.9. The van der Waals surface area contributed by atoms with Gasteiger partial charge in [-0.25, -0.2) is 0 Å². The Kier molecular flexibility index (Phi) is 4.50. The third-order valence-corrected chi connectivity index (χ3v) is 6.52. The Bertz CT molecular complexity index is 1000. The first-order valence-corrected chi connectivity index (χ1v) is 10.4. The van der Waals surface area contributed by atoms with Gasteiger partial charge in [0.1, 0.15) is 5.60 Å². The van der Waals surface area contributed by atoms with Crippen molar-refractivity contribution in [3.05, 3.63) is 66.0 Å². The van der Waals surface area contributed by atoms with Crippen LogP contribution in [0.4, 0.5) is 0 Å². The molecule has 0 unspecified atom stereocenters. The van der Waals surface area contributed by atoms with Gasteiger partial charge in [-0.1, -0.05) is 42.0 Å². The number of amides is 2. The zero-order valence-electron chi connectivity index (χ0n) is 17.3. The Balaban J connectivity index is 1.32. The number of hydrogen-bond acceptors (Lipinski definition) is 4. The molecular formula is C23H26N4O3. The van der Waals surface area contributed by atoms with Gasteiger partial charge in [-0.05, 0) is 18.6 Å². The van der Waals surface area contributed by atoms with E-state index in [1.807, 2.05) is 54.4 Å². The predicted molar refractivity (Wildman–Crippen MR) is 110 cm³/mol. The molecule has 0 aliphatic carbocycles. The molecule has 2 aromatic rings. The van der Waals surface area contributed by atoms with Gasteiger partial charge in [0, 0.05) is 32.5 Å². The fourth-order valence-electron chi connectivity index (χ4n) is 5.07. The van der Waals surface area contributed by atoms with Crippen molar-refractivity contribution in [2.45, 2.75) is 31.7 Å². The largest absolute Gasteiger partial charge is 0.360 e. The van der Waals surface area contributed by atoms with Crippen LogP contribution in [0.25, 0.3) is 0 Å². The number of hydrogen-bond donors (Lipinski definition) is 0. The summed E-state index contributed by atoms with van der Waals surface area (Å²) in [5, 5.41) is 4.19. The third-order valence-electron chi connectivity index (χ3n) is 6.52. The van der Waals surface area contributed by atoms with Crippen LogP contribution >= 0.6 is 0 Å². The number of carbonyl (C=O) groups is 2. The molecule has 1 aromatic heterocycles. The minimum atomic E-state index is -0.672. The van der Waals surface area contributed by atoms with E-state index < -0.39 is 17.4 Å². The lowest BCUT2D eigenvalue weighted by Crippen LogP contribution is -2.45. The van der Waals surface area contributed by atoms with E-state index in [0.717, 1.165) is 5.56 Å². The summed E-state index contributed by atoms with van der Waals surface area (Å²) in [6, 6.07) is 10.0. The van der Waals surface area contributed by atoms with Gasteiger partial charge < -0.3 is 14.5 Å². The average Bonchev–Trinajstić information content (AvgIpc) is 3.49. The van der Waals surface area contributed by atoms with Crippen LogP contribution in [0.2, 0.25) is 0 Å². The van der Waals surface area contributed by atoms with Crippen LogP contribution in [0.5, 0.6) is 0 Å².